The van der Waals surface area contributed by atoms with Crippen LogP contribution in [0.3, 0.4) is 0 Å². The van der Waals surface area contributed by atoms with E-state index in [0.29, 0.717) is 18.5 Å². The first-order valence-corrected chi connectivity index (χ1v) is 6.21. The fraction of sp³-hybridized carbons (Fsp3) is 0.462. The summed E-state index contributed by atoms with van der Waals surface area (Å²) >= 11 is 0. The van der Waals surface area contributed by atoms with E-state index in [2.05, 4.69) is 5.32 Å². The highest BCUT2D eigenvalue weighted by molar-refractivity contribution is 5.70. The minimum Gasteiger partial charge on any atom is -0.481 e. The van der Waals surface area contributed by atoms with Gasteiger partial charge in [-0.15, -0.1) is 0 Å². The summed E-state index contributed by atoms with van der Waals surface area (Å²) in [5.74, 6) is -1.07. The lowest BCUT2D eigenvalue weighted by atomic mass is 10.1. The number of nitro groups is 1. The van der Waals surface area contributed by atoms with Crippen molar-refractivity contribution in [1.82, 2.24) is 0 Å². The van der Waals surface area contributed by atoms with Crippen LogP contribution in [0.5, 0.6) is 0 Å². The second-order valence-electron chi connectivity index (χ2n) is 4.95. The number of carbonyl (C=O) groups is 1. The first-order chi connectivity index (χ1) is 8.97. The lowest BCUT2D eigenvalue weighted by molar-refractivity contribution is -0.384. The number of aliphatic carboxylic acids is 1. The van der Waals surface area contributed by atoms with E-state index in [9.17, 15) is 14.9 Å². The normalized spacial score (nSPS) is 22.2. The highest BCUT2D eigenvalue weighted by atomic mass is 16.6. The summed E-state index contributed by atoms with van der Waals surface area (Å²) in [6.45, 7) is 1.87. The van der Waals surface area contributed by atoms with Crippen molar-refractivity contribution in [3.63, 3.8) is 0 Å². The molecule has 2 unspecified atom stereocenters. The third kappa shape index (κ3) is 3.01. The highest BCUT2D eigenvalue weighted by Crippen LogP contribution is 2.30. The molecule has 0 aliphatic heterocycles. The Kier molecular flexibility index (Phi) is 3.69. The Morgan fingerprint density at radius 2 is 2.21 bits per heavy atom. The van der Waals surface area contributed by atoms with Gasteiger partial charge in [0, 0.05) is 23.9 Å². The number of non-ortho nitro benzene ring substituents is 1. The average Bonchev–Trinajstić information content (AvgIpc) is 2.80. The van der Waals surface area contributed by atoms with Crippen molar-refractivity contribution in [3.8, 4) is 0 Å². The van der Waals surface area contributed by atoms with E-state index in [0.717, 1.165) is 12.0 Å². The number of nitrogens with zero attached hydrogens (tertiary/aromatic N) is 1. The van der Waals surface area contributed by atoms with Gasteiger partial charge in [-0.2, -0.15) is 0 Å². The molecule has 0 amide bonds. The monoisotopic (exact) mass is 264 g/mol. The molecule has 0 saturated heterocycles. The maximum atomic E-state index is 10.9. The molecule has 1 aromatic carbocycles. The second-order valence-corrected chi connectivity index (χ2v) is 4.95. The number of nitrogens with one attached hydrogen (secondary N) is 1. The molecule has 0 radical (unpaired) electrons. The van der Waals surface area contributed by atoms with Crippen molar-refractivity contribution in [2.45, 2.75) is 32.2 Å². The smallest absolute Gasteiger partial charge is 0.306 e. The van der Waals surface area contributed by atoms with E-state index in [-0.39, 0.29) is 17.6 Å². The van der Waals surface area contributed by atoms with Crippen LogP contribution in [0.4, 0.5) is 11.4 Å². The predicted octanol–water partition coefficient (Wildman–Crippen LogP) is 2.57. The third-order valence-electron chi connectivity index (χ3n) is 3.57. The summed E-state index contributed by atoms with van der Waals surface area (Å²) < 4.78 is 0. The SMILES string of the molecule is Cc1ccc([N+](=O)[O-])cc1NC1CCC(C(=O)O)C1. The van der Waals surface area contributed by atoms with Crippen LogP contribution in [-0.4, -0.2) is 22.0 Å². The molecule has 2 N–H and O–H groups in total. The van der Waals surface area contributed by atoms with Gasteiger partial charge in [0.05, 0.1) is 10.8 Å². The topological polar surface area (TPSA) is 92.5 Å². The first-order valence-electron chi connectivity index (χ1n) is 6.21. The van der Waals surface area contributed by atoms with Crippen molar-refractivity contribution in [2.24, 2.45) is 5.92 Å². The van der Waals surface area contributed by atoms with Crippen LogP contribution in [0.1, 0.15) is 24.8 Å². The molecule has 0 heterocycles. The van der Waals surface area contributed by atoms with E-state index in [1.54, 1.807) is 6.07 Å². The lowest BCUT2D eigenvalue weighted by Crippen LogP contribution is -2.18. The summed E-state index contributed by atoms with van der Waals surface area (Å²) in [5.41, 5.74) is 1.68. The Labute approximate surface area is 110 Å². The highest BCUT2D eigenvalue weighted by Gasteiger charge is 2.29. The Hall–Kier alpha value is -2.11. The van der Waals surface area contributed by atoms with Crippen LogP contribution >= 0.6 is 0 Å². The minimum atomic E-state index is -0.764. The van der Waals surface area contributed by atoms with E-state index >= 15 is 0 Å². The van der Waals surface area contributed by atoms with Crippen molar-refractivity contribution >= 4 is 17.3 Å². The van der Waals surface area contributed by atoms with Gasteiger partial charge in [0.1, 0.15) is 0 Å². The number of nitro benzene ring substituents is 1. The molecule has 0 aromatic heterocycles. The van der Waals surface area contributed by atoms with E-state index in [1.165, 1.54) is 12.1 Å². The Balaban J connectivity index is 2.09. The number of hydrogen-bond donors (Lipinski definition) is 2. The van der Waals surface area contributed by atoms with Crippen LogP contribution in [-0.2, 0) is 4.79 Å². The Morgan fingerprint density at radius 1 is 1.47 bits per heavy atom. The summed E-state index contributed by atoms with van der Waals surface area (Å²) in [6.07, 6.45) is 2.00. The van der Waals surface area contributed by atoms with Gasteiger partial charge >= 0.3 is 5.97 Å². The number of anilines is 1. The molecule has 6 heteroatoms. The molecule has 1 fully saturated rings. The fourth-order valence-electron chi connectivity index (χ4n) is 2.44. The number of rotatable bonds is 4. The third-order valence-corrected chi connectivity index (χ3v) is 3.57. The zero-order valence-electron chi connectivity index (χ0n) is 10.6. The fourth-order valence-corrected chi connectivity index (χ4v) is 2.44. The first kappa shape index (κ1) is 13.3. The van der Waals surface area contributed by atoms with Crippen LogP contribution in [0.2, 0.25) is 0 Å². The second kappa shape index (κ2) is 5.26. The van der Waals surface area contributed by atoms with Crippen LogP contribution < -0.4 is 5.32 Å². The number of carboxylic acids is 1. The molecule has 1 aliphatic carbocycles. The Morgan fingerprint density at radius 3 is 2.79 bits per heavy atom. The molecule has 0 spiro atoms. The summed E-state index contributed by atoms with van der Waals surface area (Å²) in [5, 5.41) is 22.9. The zero-order valence-corrected chi connectivity index (χ0v) is 10.6. The van der Waals surface area contributed by atoms with Gasteiger partial charge in [0.15, 0.2) is 0 Å². The number of hydrogen-bond acceptors (Lipinski definition) is 4. The van der Waals surface area contributed by atoms with Crippen LogP contribution in [0, 0.1) is 23.0 Å². The molecular weight excluding hydrogens is 248 g/mol. The summed E-state index contributed by atoms with van der Waals surface area (Å²) in [6, 6.07) is 4.74. The Bertz CT molecular complexity index is 515. The van der Waals surface area contributed by atoms with Gasteiger partial charge in [-0.3, -0.25) is 14.9 Å². The predicted molar refractivity (Wildman–Crippen MR) is 70.2 cm³/mol. The maximum Gasteiger partial charge on any atom is 0.306 e. The minimum absolute atomic E-state index is 0.0425. The molecule has 2 rings (SSSR count). The molecule has 0 bridgehead atoms. The van der Waals surface area contributed by atoms with Crippen LogP contribution in [0.25, 0.3) is 0 Å². The maximum absolute atomic E-state index is 10.9. The number of aryl methyl sites for hydroxylation is 1. The van der Waals surface area contributed by atoms with E-state index in [1.807, 2.05) is 6.92 Å². The van der Waals surface area contributed by atoms with Gasteiger partial charge in [-0.1, -0.05) is 6.07 Å². The van der Waals surface area contributed by atoms with E-state index < -0.39 is 10.9 Å². The molecule has 1 aliphatic rings. The molecule has 2 atom stereocenters. The van der Waals surface area contributed by atoms with Crippen LogP contribution in [0.15, 0.2) is 18.2 Å². The molecule has 19 heavy (non-hydrogen) atoms. The molecule has 1 saturated carbocycles. The summed E-state index contributed by atoms with van der Waals surface area (Å²) in [7, 11) is 0. The zero-order chi connectivity index (χ0) is 14.0. The van der Waals surface area contributed by atoms with Gasteiger partial charge in [0.25, 0.3) is 5.69 Å². The molecule has 102 valence electrons. The van der Waals surface area contributed by atoms with Gasteiger partial charge in [-0.05, 0) is 31.7 Å². The van der Waals surface area contributed by atoms with Gasteiger partial charge in [0.2, 0.25) is 0 Å². The van der Waals surface area contributed by atoms with E-state index in [4.69, 9.17) is 5.11 Å². The molecular formula is C13H16N2O4. The summed E-state index contributed by atoms with van der Waals surface area (Å²) in [4.78, 5) is 21.2. The lowest BCUT2D eigenvalue weighted by Gasteiger charge is -2.15. The average molecular weight is 264 g/mol. The standard InChI is InChI=1S/C13H16N2O4/c1-8-2-5-11(15(18)19)7-12(8)14-10-4-3-9(6-10)13(16)17/h2,5,7,9-10,14H,3-4,6H2,1H3,(H,16,17). The quantitative estimate of drug-likeness (QED) is 0.644. The van der Waals surface area contributed by atoms with Crippen molar-refractivity contribution in [2.75, 3.05) is 5.32 Å². The van der Waals surface area contributed by atoms with Gasteiger partial charge in [-0.25, -0.2) is 0 Å². The molecule has 1 aromatic rings. The number of carboxylic acid groups (broad SMARTS) is 1. The van der Waals surface area contributed by atoms with Crippen molar-refractivity contribution < 1.29 is 14.8 Å². The van der Waals surface area contributed by atoms with Gasteiger partial charge < -0.3 is 10.4 Å². The number of benzene rings is 1. The van der Waals surface area contributed by atoms with Crippen molar-refractivity contribution in [3.05, 3.63) is 33.9 Å². The van der Waals surface area contributed by atoms with Crippen molar-refractivity contribution in [1.29, 1.82) is 0 Å². The largest absolute Gasteiger partial charge is 0.481 e. The molecule has 6 nitrogen and oxygen atoms in total.